The Morgan fingerprint density at radius 3 is 2.02 bits per heavy atom. The molecule has 0 aliphatic heterocycles. The molecule has 0 unspecified atom stereocenters. The zero-order chi connectivity index (χ0) is 31.7. The summed E-state index contributed by atoms with van der Waals surface area (Å²) in [5.41, 5.74) is 18.6. The number of hydrogen-bond donors (Lipinski definition) is 1. The van der Waals surface area contributed by atoms with Gasteiger partial charge in [-0.1, -0.05) is 97.1 Å². The molecule has 0 spiro atoms. The zero-order valence-corrected chi connectivity index (χ0v) is 26.1. The van der Waals surface area contributed by atoms with E-state index in [2.05, 4.69) is 156 Å². The summed E-state index contributed by atoms with van der Waals surface area (Å²) in [6, 6.07) is 50.6. The van der Waals surface area contributed by atoms with Gasteiger partial charge in [0.1, 0.15) is 0 Å². The predicted molar refractivity (Wildman–Crippen MR) is 199 cm³/mol. The van der Waals surface area contributed by atoms with Gasteiger partial charge in [-0.2, -0.15) is 0 Å². The fourth-order valence-electron chi connectivity index (χ4n) is 6.70. The first-order valence-electron chi connectivity index (χ1n) is 15.9. The number of pyridine rings is 1. The lowest BCUT2D eigenvalue weighted by Gasteiger charge is -2.12. The minimum absolute atomic E-state index is 1.15. The van der Waals surface area contributed by atoms with Crippen LogP contribution in [0.25, 0.3) is 77.2 Å². The monoisotopic (exact) mass is 603 g/mol. The summed E-state index contributed by atoms with van der Waals surface area (Å²) in [5.74, 6) is 0. The maximum atomic E-state index is 5.57. The van der Waals surface area contributed by atoms with Gasteiger partial charge in [-0.3, -0.25) is 4.98 Å². The topological polar surface area (TPSA) is 43.8 Å². The number of allylic oxidation sites excluding steroid dienone is 3. The van der Waals surface area contributed by atoms with Crippen LogP contribution in [0.2, 0.25) is 0 Å². The summed E-state index contributed by atoms with van der Waals surface area (Å²) in [4.78, 5) is 4.19. The number of nitrogens with zero attached hydrogens (tertiary/aromatic N) is 2. The number of hydrogen-bond acceptors (Lipinski definition) is 2. The molecule has 0 aliphatic rings. The second kappa shape index (κ2) is 12.0. The van der Waals surface area contributed by atoms with Crippen molar-refractivity contribution in [3.63, 3.8) is 0 Å². The zero-order valence-electron chi connectivity index (χ0n) is 26.1. The van der Waals surface area contributed by atoms with E-state index in [1.807, 2.05) is 24.5 Å². The molecule has 8 aromatic rings. The van der Waals surface area contributed by atoms with Gasteiger partial charge >= 0.3 is 0 Å². The number of aromatic nitrogens is 2. The van der Waals surface area contributed by atoms with Gasteiger partial charge in [0.25, 0.3) is 0 Å². The van der Waals surface area contributed by atoms with E-state index < -0.39 is 0 Å². The molecule has 0 atom stereocenters. The molecule has 3 heteroatoms. The molecule has 0 bridgehead atoms. The van der Waals surface area contributed by atoms with Crippen LogP contribution in [0.3, 0.4) is 0 Å². The third kappa shape index (κ3) is 5.18. The van der Waals surface area contributed by atoms with Crippen LogP contribution < -0.4 is 5.73 Å². The summed E-state index contributed by atoms with van der Waals surface area (Å²) < 4.78 is 2.43. The highest BCUT2D eigenvalue weighted by Crippen LogP contribution is 2.40. The molecule has 0 fully saturated rings. The molecular weight excluding hydrogens is 571 g/mol. The Hall–Kier alpha value is -6.19. The van der Waals surface area contributed by atoms with E-state index in [1.165, 1.54) is 71.5 Å². The second-order valence-electron chi connectivity index (χ2n) is 11.9. The van der Waals surface area contributed by atoms with Crippen LogP contribution in [0.15, 0.2) is 170 Å². The third-order valence-electron chi connectivity index (χ3n) is 9.08. The van der Waals surface area contributed by atoms with Crippen LogP contribution in [0, 0.1) is 0 Å². The SMILES string of the molecule is C/C(=C\C=C/N)c1cccc(-c2ccc3c(ccc4c5ccc(-c6cccc(-c7ccncc7)c6)cc5n(-c5ccccc5)c34)c2)c1. The normalized spacial score (nSPS) is 12.1. The molecule has 47 heavy (non-hydrogen) atoms. The maximum absolute atomic E-state index is 5.57. The molecule has 0 radical (unpaired) electrons. The molecule has 224 valence electrons. The molecule has 0 saturated heterocycles. The van der Waals surface area contributed by atoms with Crippen LogP contribution in [-0.4, -0.2) is 9.55 Å². The number of nitrogens with two attached hydrogens (primary N) is 1. The molecule has 0 aliphatic carbocycles. The number of rotatable bonds is 6. The van der Waals surface area contributed by atoms with E-state index >= 15 is 0 Å². The Labute approximate surface area is 274 Å². The van der Waals surface area contributed by atoms with Gasteiger partial charge in [0.2, 0.25) is 0 Å². The lowest BCUT2D eigenvalue weighted by atomic mass is 9.96. The van der Waals surface area contributed by atoms with Crippen molar-refractivity contribution >= 4 is 38.2 Å². The lowest BCUT2D eigenvalue weighted by Crippen LogP contribution is -1.94. The van der Waals surface area contributed by atoms with Gasteiger partial charge in [0, 0.05) is 34.2 Å². The van der Waals surface area contributed by atoms with E-state index in [-0.39, 0.29) is 0 Å². The molecule has 0 saturated carbocycles. The standard InChI is InChI=1S/C44H33N3/c1-30(8-7-23-45)32-9-5-11-34(26-32)36-15-18-40-38(28-36)17-20-42-41-19-16-37(29-43(41)47(44(40)42)39-13-3-2-4-14-39)35-12-6-10-33(27-35)31-21-24-46-25-22-31/h2-29H,45H2,1H3/b23-7-,30-8+. The van der Waals surface area contributed by atoms with Gasteiger partial charge in [-0.25, -0.2) is 0 Å². The average molecular weight is 604 g/mol. The van der Waals surface area contributed by atoms with E-state index in [1.54, 1.807) is 6.20 Å². The van der Waals surface area contributed by atoms with Crippen molar-refractivity contribution in [2.75, 3.05) is 0 Å². The number of para-hydroxylation sites is 1. The van der Waals surface area contributed by atoms with Crippen LogP contribution in [0.1, 0.15) is 12.5 Å². The molecule has 0 amide bonds. The average Bonchev–Trinajstić information content (AvgIpc) is 3.48. The van der Waals surface area contributed by atoms with E-state index in [0.717, 1.165) is 11.3 Å². The fourth-order valence-corrected chi connectivity index (χ4v) is 6.70. The van der Waals surface area contributed by atoms with Gasteiger partial charge in [0.15, 0.2) is 0 Å². The Morgan fingerprint density at radius 1 is 0.574 bits per heavy atom. The van der Waals surface area contributed by atoms with Crippen LogP contribution >= 0.6 is 0 Å². The summed E-state index contributed by atoms with van der Waals surface area (Å²) in [6.45, 7) is 2.11. The Kier molecular flexibility index (Phi) is 7.20. The summed E-state index contributed by atoms with van der Waals surface area (Å²) in [7, 11) is 0. The van der Waals surface area contributed by atoms with Crippen molar-refractivity contribution in [2.24, 2.45) is 5.73 Å². The van der Waals surface area contributed by atoms with Gasteiger partial charge < -0.3 is 10.3 Å². The highest BCUT2D eigenvalue weighted by molar-refractivity contribution is 6.19. The predicted octanol–water partition coefficient (Wildman–Crippen LogP) is 11.2. The van der Waals surface area contributed by atoms with E-state index in [0.29, 0.717) is 0 Å². The minimum atomic E-state index is 1.15. The highest BCUT2D eigenvalue weighted by atomic mass is 15.0. The largest absolute Gasteiger partial charge is 0.405 e. The van der Waals surface area contributed by atoms with Crippen molar-refractivity contribution in [3.05, 3.63) is 176 Å². The van der Waals surface area contributed by atoms with Crippen LogP contribution in [0.4, 0.5) is 0 Å². The van der Waals surface area contributed by atoms with Crippen LogP contribution in [0.5, 0.6) is 0 Å². The molecule has 3 nitrogen and oxygen atoms in total. The van der Waals surface area contributed by atoms with Gasteiger partial charge in [-0.05, 0) is 118 Å². The second-order valence-corrected chi connectivity index (χ2v) is 11.9. The number of benzene rings is 6. The first-order valence-corrected chi connectivity index (χ1v) is 15.9. The first kappa shape index (κ1) is 28.3. The van der Waals surface area contributed by atoms with Crippen molar-refractivity contribution in [1.29, 1.82) is 0 Å². The first-order chi connectivity index (χ1) is 23.2. The Balaban J connectivity index is 1.31. The van der Waals surface area contributed by atoms with Crippen molar-refractivity contribution in [1.82, 2.24) is 9.55 Å². The summed E-state index contributed by atoms with van der Waals surface area (Å²) in [5, 5.41) is 4.93. The number of fused-ring (bicyclic) bond motifs is 5. The van der Waals surface area contributed by atoms with Crippen molar-refractivity contribution in [3.8, 4) is 39.1 Å². The lowest BCUT2D eigenvalue weighted by molar-refractivity contribution is 1.19. The molecule has 8 rings (SSSR count). The molecule has 2 N–H and O–H groups in total. The fraction of sp³-hybridized carbons (Fsp3) is 0.0227. The maximum Gasteiger partial charge on any atom is 0.0619 e. The van der Waals surface area contributed by atoms with E-state index in [9.17, 15) is 0 Å². The molecule has 6 aromatic carbocycles. The molecule has 2 aromatic heterocycles. The highest BCUT2D eigenvalue weighted by Gasteiger charge is 2.17. The van der Waals surface area contributed by atoms with Crippen molar-refractivity contribution < 1.29 is 0 Å². The summed E-state index contributed by atoms with van der Waals surface area (Å²) >= 11 is 0. The Morgan fingerprint density at radius 2 is 1.23 bits per heavy atom. The third-order valence-corrected chi connectivity index (χ3v) is 9.08. The Bertz CT molecular complexity index is 2470. The van der Waals surface area contributed by atoms with Gasteiger partial charge in [-0.15, -0.1) is 0 Å². The van der Waals surface area contributed by atoms with Crippen molar-refractivity contribution in [2.45, 2.75) is 6.92 Å². The van der Waals surface area contributed by atoms with E-state index in [4.69, 9.17) is 5.73 Å². The minimum Gasteiger partial charge on any atom is -0.405 e. The quantitative estimate of drug-likeness (QED) is 0.192. The summed E-state index contributed by atoms with van der Waals surface area (Å²) in [6.07, 6.45) is 9.17. The van der Waals surface area contributed by atoms with Crippen LogP contribution in [-0.2, 0) is 0 Å². The van der Waals surface area contributed by atoms with Gasteiger partial charge in [0.05, 0.1) is 11.0 Å². The molecule has 2 heterocycles. The molecular formula is C44H33N3. The smallest absolute Gasteiger partial charge is 0.0619 e.